The number of nitrogens with zero attached hydrogens (tertiary/aromatic N) is 4. The van der Waals surface area contributed by atoms with Gasteiger partial charge < -0.3 is 19.4 Å². The number of carbonyl (C=O) groups is 1. The Kier molecular flexibility index (Phi) is 6.79. The number of aromatic nitrogens is 4. The van der Waals surface area contributed by atoms with Crippen molar-refractivity contribution >= 4 is 22.8 Å². The van der Waals surface area contributed by atoms with Gasteiger partial charge in [-0.3, -0.25) is 14.2 Å². The quantitative estimate of drug-likeness (QED) is 0.361. The third-order valence-corrected chi connectivity index (χ3v) is 6.14. The van der Waals surface area contributed by atoms with Crippen LogP contribution in [0.1, 0.15) is 19.8 Å². The zero-order valence-electron chi connectivity index (χ0n) is 20.4. The molecule has 1 amide bonds. The highest BCUT2D eigenvalue weighted by molar-refractivity contribution is 5.95. The van der Waals surface area contributed by atoms with E-state index in [4.69, 9.17) is 4.74 Å². The summed E-state index contributed by atoms with van der Waals surface area (Å²) >= 11 is 0. The molecule has 1 unspecified atom stereocenters. The van der Waals surface area contributed by atoms with E-state index in [1.54, 1.807) is 16.7 Å². The lowest BCUT2D eigenvalue weighted by atomic mass is 10.1. The lowest BCUT2D eigenvalue weighted by Gasteiger charge is -2.18. The fourth-order valence-electron chi connectivity index (χ4n) is 4.36. The Bertz CT molecular complexity index is 1500. The van der Waals surface area contributed by atoms with E-state index >= 15 is 0 Å². The van der Waals surface area contributed by atoms with Gasteiger partial charge in [0.2, 0.25) is 5.91 Å². The van der Waals surface area contributed by atoms with Crippen LogP contribution in [0, 0.1) is 5.92 Å². The standard InChI is InChI=1S/C26H24F3N5O4/c1-2-11-33-15-30-24-22(25(33)36)31-23(32-24)17-3-7-19(8-4-17)37-14-16-12-21(35)34(13-16)18-5-9-20(10-6-18)38-26(27,28)29/h3-10,15-16H,2,11-14H2,1H3,(H,31,32). The van der Waals surface area contributed by atoms with Crippen molar-refractivity contribution in [1.82, 2.24) is 19.5 Å². The molecule has 2 aromatic heterocycles. The minimum absolute atomic E-state index is 0.0833. The van der Waals surface area contributed by atoms with Gasteiger partial charge in [-0.05, 0) is 55.0 Å². The second-order valence-corrected chi connectivity index (χ2v) is 8.98. The summed E-state index contributed by atoms with van der Waals surface area (Å²) in [5.74, 6) is 0.570. The Hall–Kier alpha value is -4.35. The number of fused-ring (bicyclic) bond motifs is 1. The molecule has 1 N–H and O–H groups in total. The molecule has 1 atom stereocenters. The number of carbonyl (C=O) groups excluding carboxylic acids is 1. The number of imidazole rings is 1. The van der Waals surface area contributed by atoms with Gasteiger partial charge in [0.15, 0.2) is 11.2 Å². The molecule has 0 saturated carbocycles. The third kappa shape index (κ3) is 5.48. The van der Waals surface area contributed by atoms with E-state index in [2.05, 4.69) is 19.7 Å². The molecule has 0 radical (unpaired) electrons. The number of ether oxygens (including phenoxy) is 2. The van der Waals surface area contributed by atoms with E-state index in [-0.39, 0.29) is 29.6 Å². The molecule has 4 aromatic rings. The Balaban J connectivity index is 1.19. The molecule has 1 aliphatic rings. The first kappa shape index (κ1) is 25.3. The second-order valence-electron chi connectivity index (χ2n) is 8.98. The average Bonchev–Trinajstić information content (AvgIpc) is 3.48. The first-order chi connectivity index (χ1) is 18.2. The van der Waals surface area contributed by atoms with Gasteiger partial charge >= 0.3 is 6.36 Å². The number of H-pyrrole nitrogens is 1. The molecule has 198 valence electrons. The van der Waals surface area contributed by atoms with Crippen LogP contribution in [-0.4, -0.2) is 44.9 Å². The van der Waals surface area contributed by atoms with E-state index in [0.717, 1.165) is 12.0 Å². The Morgan fingerprint density at radius 2 is 1.76 bits per heavy atom. The number of hydrogen-bond acceptors (Lipinski definition) is 6. The molecule has 1 saturated heterocycles. The monoisotopic (exact) mass is 527 g/mol. The van der Waals surface area contributed by atoms with Gasteiger partial charge in [-0.15, -0.1) is 13.2 Å². The first-order valence-corrected chi connectivity index (χ1v) is 12.0. The van der Waals surface area contributed by atoms with Crippen LogP contribution in [-0.2, 0) is 11.3 Å². The molecule has 1 fully saturated rings. The highest BCUT2D eigenvalue weighted by Gasteiger charge is 2.33. The molecule has 1 aliphatic heterocycles. The number of halogens is 3. The normalized spacial score (nSPS) is 15.8. The number of hydrogen-bond donors (Lipinski definition) is 1. The Morgan fingerprint density at radius 3 is 2.45 bits per heavy atom. The zero-order valence-corrected chi connectivity index (χ0v) is 20.4. The van der Waals surface area contributed by atoms with Crippen molar-refractivity contribution in [2.75, 3.05) is 18.1 Å². The summed E-state index contributed by atoms with van der Waals surface area (Å²) in [7, 11) is 0. The van der Waals surface area contributed by atoms with Crippen molar-refractivity contribution in [3.05, 3.63) is 65.2 Å². The smallest absolute Gasteiger partial charge is 0.493 e. The molecule has 5 rings (SSSR count). The lowest BCUT2D eigenvalue weighted by molar-refractivity contribution is -0.274. The Morgan fingerprint density at radius 1 is 1.05 bits per heavy atom. The molecule has 3 heterocycles. The number of rotatable bonds is 8. The van der Waals surface area contributed by atoms with E-state index < -0.39 is 6.36 Å². The molecule has 2 aromatic carbocycles. The van der Waals surface area contributed by atoms with Crippen molar-refractivity contribution in [2.24, 2.45) is 5.92 Å². The molecule has 0 aliphatic carbocycles. The second kappa shape index (κ2) is 10.2. The molecule has 0 bridgehead atoms. The summed E-state index contributed by atoms with van der Waals surface area (Å²) in [5.41, 5.74) is 1.81. The molecule has 9 nitrogen and oxygen atoms in total. The number of anilines is 1. The van der Waals surface area contributed by atoms with Crippen LogP contribution < -0.4 is 19.9 Å². The fraction of sp³-hybridized carbons (Fsp3) is 0.308. The largest absolute Gasteiger partial charge is 0.573 e. The van der Waals surface area contributed by atoms with Crippen LogP contribution in [0.15, 0.2) is 59.7 Å². The predicted molar refractivity (Wildman–Crippen MR) is 133 cm³/mol. The highest BCUT2D eigenvalue weighted by atomic mass is 19.4. The lowest BCUT2D eigenvalue weighted by Crippen LogP contribution is -2.25. The van der Waals surface area contributed by atoms with Crippen LogP contribution in [0.2, 0.25) is 0 Å². The van der Waals surface area contributed by atoms with Gasteiger partial charge in [-0.1, -0.05) is 6.92 Å². The maximum absolute atomic E-state index is 12.6. The fourth-order valence-corrected chi connectivity index (χ4v) is 4.36. The molecule has 38 heavy (non-hydrogen) atoms. The highest BCUT2D eigenvalue weighted by Crippen LogP contribution is 2.30. The number of nitrogens with one attached hydrogen (secondary N) is 1. The number of aromatic amines is 1. The van der Waals surface area contributed by atoms with Gasteiger partial charge in [0, 0.05) is 36.7 Å². The van der Waals surface area contributed by atoms with Crippen LogP contribution in [0.4, 0.5) is 18.9 Å². The van der Waals surface area contributed by atoms with Crippen molar-refractivity contribution in [2.45, 2.75) is 32.7 Å². The number of aryl methyl sites for hydroxylation is 1. The SMILES string of the molecule is CCCn1cnc2nc(-c3ccc(OCC4CC(=O)N(c5ccc(OC(F)(F)F)cc5)C4)cc3)[nH]c2c1=O. The summed E-state index contributed by atoms with van der Waals surface area (Å²) in [6.45, 7) is 3.24. The number of amides is 1. The predicted octanol–water partition coefficient (Wildman–Crippen LogP) is 4.53. The maximum Gasteiger partial charge on any atom is 0.573 e. The average molecular weight is 528 g/mol. The van der Waals surface area contributed by atoms with E-state index in [9.17, 15) is 22.8 Å². The number of benzene rings is 2. The van der Waals surface area contributed by atoms with E-state index in [1.807, 2.05) is 19.1 Å². The van der Waals surface area contributed by atoms with Gasteiger partial charge in [-0.2, -0.15) is 0 Å². The molecule has 12 heteroatoms. The van der Waals surface area contributed by atoms with Gasteiger partial charge in [0.05, 0.1) is 6.61 Å². The third-order valence-electron chi connectivity index (χ3n) is 6.14. The number of alkyl halides is 3. The van der Waals surface area contributed by atoms with Crippen LogP contribution in [0.25, 0.3) is 22.6 Å². The van der Waals surface area contributed by atoms with Crippen molar-refractivity contribution in [1.29, 1.82) is 0 Å². The van der Waals surface area contributed by atoms with Gasteiger partial charge in [-0.25, -0.2) is 9.97 Å². The van der Waals surface area contributed by atoms with Crippen LogP contribution in [0.5, 0.6) is 11.5 Å². The minimum Gasteiger partial charge on any atom is -0.493 e. The molecular weight excluding hydrogens is 503 g/mol. The summed E-state index contributed by atoms with van der Waals surface area (Å²) in [4.78, 5) is 38.3. The van der Waals surface area contributed by atoms with Crippen LogP contribution >= 0.6 is 0 Å². The van der Waals surface area contributed by atoms with Gasteiger partial charge in [0.1, 0.15) is 23.7 Å². The summed E-state index contributed by atoms with van der Waals surface area (Å²) in [5, 5.41) is 0. The van der Waals surface area contributed by atoms with Crippen LogP contribution in [0.3, 0.4) is 0 Å². The topological polar surface area (TPSA) is 102 Å². The molecular formula is C26H24F3N5O4. The van der Waals surface area contributed by atoms with Gasteiger partial charge in [0.25, 0.3) is 5.56 Å². The van der Waals surface area contributed by atoms with Crippen molar-refractivity contribution in [3.63, 3.8) is 0 Å². The summed E-state index contributed by atoms with van der Waals surface area (Å²) in [6.07, 6.45) is -2.19. The van der Waals surface area contributed by atoms with E-state index in [0.29, 0.717) is 48.1 Å². The van der Waals surface area contributed by atoms with E-state index in [1.165, 1.54) is 35.5 Å². The maximum atomic E-state index is 12.6. The van der Waals surface area contributed by atoms with Crippen molar-refractivity contribution < 1.29 is 27.4 Å². The summed E-state index contributed by atoms with van der Waals surface area (Å²) < 4.78 is 48.4. The Labute approximate surface area is 214 Å². The minimum atomic E-state index is -4.77. The first-order valence-electron chi connectivity index (χ1n) is 12.0. The summed E-state index contributed by atoms with van der Waals surface area (Å²) in [6, 6.07) is 12.4. The van der Waals surface area contributed by atoms with Crippen molar-refractivity contribution in [3.8, 4) is 22.9 Å². The molecule has 0 spiro atoms. The zero-order chi connectivity index (χ0) is 26.9.